The molecule has 1 heterocycles. The highest BCUT2D eigenvalue weighted by molar-refractivity contribution is 7.12. The normalized spacial score (nSPS) is 11.8. The number of carboxylic acid groups (broad SMARTS) is 1. The van der Waals surface area contributed by atoms with E-state index in [1.807, 2.05) is 18.9 Å². The van der Waals surface area contributed by atoms with Gasteiger partial charge >= 0.3 is 5.97 Å². The molecule has 80 valence electrons. The van der Waals surface area contributed by atoms with Crippen molar-refractivity contribution in [2.45, 2.75) is 19.4 Å². The minimum atomic E-state index is -0.910. The van der Waals surface area contributed by atoms with Crippen molar-refractivity contribution in [1.82, 2.24) is 0 Å². The van der Waals surface area contributed by atoms with E-state index in [9.17, 15) is 4.79 Å². The number of aromatic carboxylic acids is 1. The van der Waals surface area contributed by atoms with Crippen LogP contribution in [0.15, 0.2) is 11.4 Å². The van der Waals surface area contributed by atoms with Gasteiger partial charge in [-0.2, -0.15) is 5.26 Å². The first-order valence-corrected chi connectivity index (χ1v) is 5.36. The molecule has 0 saturated heterocycles. The third-order valence-electron chi connectivity index (χ3n) is 2.25. The Kier molecular flexibility index (Phi) is 3.69. The van der Waals surface area contributed by atoms with Crippen LogP contribution in [-0.2, 0) is 0 Å². The van der Waals surface area contributed by atoms with Crippen LogP contribution < -0.4 is 4.90 Å². The molecule has 1 rings (SSSR count). The number of nitrogens with zero attached hydrogens (tertiary/aromatic N) is 2. The highest BCUT2D eigenvalue weighted by Crippen LogP contribution is 2.24. The second-order valence-electron chi connectivity index (χ2n) is 3.30. The lowest BCUT2D eigenvalue weighted by Crippen LogP contribution is -2.27. The van der Waals surface area contributed by atoms with E-state index in [2.05, 4.69) is 6.07 Å². The molecule has 0 aliphatic carbocycles. The van der Waals surface area contributed by atoms with Gasteiger partial charge in [0.2, 0.25) is 0 Å². The molecule has 1 aromatic rings. The van der Waals surface area contributed by atoms with Crippen LogP contribution in [0.3, 0.4) is 0 Å². The van der Waals surface area contributed by atoms with Crippen molar-refractivity contribution in [2.75, 3.05) is 11.9 Å². The van der Waals surface area contributed by atoms with Crippen LogP contribution in [0.5, 0.6) is 0 Å². The molecule has 0 radical (unpaired) electrons. The van der Waals surface area contributed by atoms with E-state index in [4.69, 9.17) is 10.4 Å². The lowest BCUT2D eigenvalue weighted by Gasteiger charge is -2.23. The van der Waals surface area contributed by atoms with E-state index >= 15 is 0 Å². The topological polar surface area (TPSA) is 64.3 Å². The van der Waals surface area contributed by atoms with Gasteiger partial charge in [0, 0.05) is 24.2 Å². The zero-order valence-corrected chi connectivity index (χ0v) is 9.41. The number of hydrogen-bond acceptors (Lipinski definition) is 4. The SMILES string of the molecule is CC(CC#N)N(C)c1csc(C(=O)O)c1. The Morgan fingerprint density at radius 3 is 2.93 bits per heavy atom. The van der Waals surface area contributed by atoms with E-state index in [0.717, 1.165) is 5.69 Å². The summed E-state index contributed by atoms with van der Waals surface area (Å²) < 4.78 is 0. The third kappa shape index (κ3) is 2.70. The van der Waals surface area contributed by atoms with Crippen molar-refractivity contribution in [3.8, 4) is 6.07 Å². The van der Waals surface area contributed by atoms with Gasteiger partial charge in [-0.3, -0.25) is 0 Å². The Bertz CT molecular complexity index is 394. The predicted octanol–water partition coefficient (Wildman–Crippen LogP) is 2.18. The fourth-order valence-corrected chi connectivity index (χ4v) is 1.92. The third-order valence-corrected chi connectivity index (χ3v) is 3.16. The zero-order chi connectivity index (χ0) is 11.4. The summed E-state index contributed by atoms with van der Waals surface area (Å²) >= 11 is 1.20. The fourth-order valence-electron chi connectivity index (χ4n) is 1.15. The van der Waals surface area contributed by atoms with Crippen LogP contribution in [0.4, 0.5) is 5.69 Å². The van der Waals surface area contributed by atoms with Gasteiger partial charge in [-0.05, 0) is 13.0 Å². The van der Waals surface area contributed by atoms with Gasteiger partial charge in [0.05, 0.1) is 12.5 Å². The predicted molar refractivity (Wildman–Crippen MR) is 59.4 cm³/mol. The average Bonchev–Trinajstić information content (AvgIpc) is 2.65. The number of rotatable bonds is 4. The van der Waals surface area contributed by atoms with E-state index in [-0.39, 0.29) is 6.04 Å². The van der Waals surface area contributed by atoms with Crippen molar-refractivity contribution < 1.29 is 9.90 Å². The molecule has 0 aliphatic heterocycles. The molecule has 1 aromatic heterocycles. The molecule has 0 amide bonds. The van der Waals surface area contributed by atoms with E-state index in [1.165, 1.54) is 11.3 Å². The quantitative estimate of drug-likeness (QED) is 0.851. The molecule has 4 nitrogen and oxygen atoms in total. The maximum Gasteiger partial charge on any atom is 0.345 e. The van der Waals surface area contributed by atoms with Crippen molar-refractivity contribution in [3.63, 3.8) is 0 Å². The average molecular weight is 224 g/mol. The maximum atomic E-state index is 10.7. The second-order valence-corrected chi connectivity index (χ2v) is 4.21. The fraction of sp³-hybridized carbons (Fsp3) is 0.400. The van der Waals surface area contributed by atoms with E-state index < -0.39 is 5.97 Å². The van der Waals surface area contributed by atoms with E-state index in [1.54, 1.807) is 11.4 Å². The number of carbonyl (C=O) groups is 1. The van der Waals surface area contributed by atoms with Crippen LogP contribution >= 0.6 is 11.3 Å². The Labute approximate surface area is 92.4 Å². The summed E-state index contributed by atoms with van der Waals surface area (Å²) in [6, 6.07) is 3.81. The van der Waals surface area contributed by atoms with Crippen LogP contribution in [0.1, 0.15) is 23.0 Å². The molecular weight excluding hydrogens is 212 g/mol. The number of hydrogen-bond donors (Lipinski definition) is 1. The van der Waals surface area contributed by atoms with Crippen LogP contribution in [0.2, 0.25) is 0 Å². The van der Waals surface area contributed by atoms with Gasteiger partial charge in [0.15, 0.2) is 0 Å². The summed E-state index contributed by atoms with van der Waals surface area (Å²) in [6.45, 7) is 1.93. The molecule has 1 unspecified atom stereocenters. The highest BCUT2D eigenvalue weighted by atomic mass is 32.1. The molecule has 0 aliphatic rings. The molecule has 15 heavy (non-hydrogen) atoms. The molecule has 0 fully saturated rings. The highest BCUT2D eigenvalue weighted by Gasteiger charge is 2.13. The molecule has 0 spiro atoms. The standard InChI is InChI=1S/C10H12N2O2S/c1-7(3-4-11)12(2)8-5-9(10(13)14)15-6-8/h5-7H,3H2,1-2H3,(H,13,14). The summed E-state index contributed by atoms with van der Waals surface area (Å²) in [5, 5.41) is 19.1. The minimum Gasteiger partial charge on any atom is -0.477 e. The summed E-state index contributed by atoms with van der Waals surface area (Å²) in [7, 11) is 1.86. The van der Waals surface area contributed by atoms with Crippen molar-refractivity contribution in [2.24, 2.45) is 0 Å². The van der Waals surface area contributed by atoms with Crippen LogP contribution in [-0.4, -0.2) is 24.2 Å². The molecule has 1 atom stereocenters. The monoisotopic (exact) mass is 224 g/mol. The van der Waals surface area contributed by atoms with Gasteiger partial charge in [-0.1, -0.05) is 0 Å². The lowest BCUT2D eigenvalue weighted by atomic mass is 10.2. The molecular formula is C10H12N2O2S. The van der Waals surface area contributed by atoms with Gasteiger partial charge in [-0.25, -0.2) is 4.79 Å². The summed E-state index contributed by atoms with van der Waals surface area (Å²) in [5.74, 6) is -0.910. The summed E-state index contributed by atoms with van der Waals surface area (Å²) in [6.07, 6.45) is 0.425. The number of nitriles is 1. The van der Waals surface area contributed by atoms with Crippen LogP contribution in [0.25, 0.3) is 0 Å². The first-order valence-electron chi connectivity index (χ1n) is 4.48. The van der Waals surface area contributed by atoms with Crippen LogP contribution in [0, 0.1) is 11.3 Å². The van der Waals surface area contributed by atoms with Crippen molar-refractivity contribution in [3.05, 3.63) is 16.3 Å². The largest absolute Gasteiger partial charge is 0.477 e. The minimum absolute atomic E-state index is 0.0891. The Hall–Kier alpha value is -1.54. The zero-order valence-electron chi connectivity index (χ0n) is 8.60. The molecule has 0 bridgehead atoms. The molecule has 0 saturated carbocycles. The molecule has 5 heteroatoms. The molecule has 0 aromatic carbocycles. The molecule has 1 N–H and O–H groups in total. The van der Waals surface area contributed by atoms with Gasteiger partial charge in [-0.15, -0.1) is 11.3 Å². The van der Waals surface area contributed by atoms with Gasteiger partial charge in [0.1, 0.15) is 4.88 Å². The van der Waals surface area contributed by atoms with E-state index in [0.29, 0.717) is 11.3 Å². The Morgan fingerprint density at radius 1 is 1.80 bits per heavy atom. The second kappa shape index (κ2) is 4.80. The number of carboxylic acids is 1. The Balaban J connectivity index is 2.78. The summed E-state index contributed by atoms with van der Waals surface area (Å²) in [4.78, 5) is 12.9. The van der Waals surface area contributed by atoms with Gasteiger partial charge in [0.25, 0.3) is 0 Å². The van der Waals surface area contributed by atoms with Crippen molar-refractivity contribution in [1.29, 1.82) is 5.26 Å². The first-order chi connectivity index (χ1) is 7.06. The van der Waals surface area contributed by atoms with Gasteiger partial charge < -0.3 is 10.0 Å². The smallest absolute Gasteiger partial charge is 0.345 e. The first kappa shape index (κ1) is 11.5. The Morgan fingerprint density at radius 2 is 2.47 bits per heavy atom. The lowest BCUT2D eigenvalue weighted by molar-refractivity contribution is 0.0702. The number of anilines is 1. The summed E-state index contributed by atoms with van der Waals surface area (Å²) in [5.41, 5.74) is 0.847. The van der Waals surface area contributed by atoms with Crippen molar-refractivity contribution >= 4 is 23.0 Å². The number of thiophene rings is 1. The maximum absolute atomic E-state index is 10.7.